The van der Waals surface area contributed by atoms with E-state index in [-0.39, 0.29) is 11.5 Å². The van der Waals surface area contributed by atoms with Crippen molar-refractivity contribution in [1.82, 2.24) is 14.7 Å². The summed E-state index contributed by atoms with van der Waals surface area (Å²) < 4.78 is 1.45. The van der Waals surface area contributed by atoms with Crippen LogP contribution in [0.2, 0.25) is 0 Å². The highest BCUT2D eigenvalue weighted by atomic mass is 16.1. The Morgan fingerprint density at radius 3 is 2.90 bits per heavy atom. The lowest BCUT2D eigenvalue weighted by Crippen LogP contribution is -2.36. The Bertz CT molecular complexity index is 686. The molecule has 0 aliphatic heterocycles. The molecule has 2 rings (SSSR count). The Morgan fingerprint density at radius 1 is 1.45 bits per heavy atom. The van der Waals surface area contributed by atoms with Crippen LogP contribution in [0, 0.1) is 17.2 Å². The number of fused-ring (bicyclic) bond motifs is 1. The number of aromatic nitrogens is 2. The van der Waals surface area contributed by atoms with Crippen LogP contribution < -0.4 is 5.56 Å². The SMILES string of the molecule is CCN(C[C@H](C)C#N)Cn1ncc2ccccc2c1=O. The van der Waals surface area contributed by atoms with E-state index in [1.807, 2.05) is 43.0 Å². The van der Waals surface area contributed by atoms with Crippen LogP contribution in [0.15, 0.2) is 35.3 Å². The van der Waals surface area contributed by atoms with E-state index >= 15 is 0 Å². The number of benzene rings is 1. The van der Waals surface area contributed by atoms with Gasteiger partial charge in [-0.15, -0.1) is 0 Å². The fourth-order valence-corrected chi connectivity index (χ4v) is 2.13. The molecule has 1 aromatic heterocycles. The van der Waals surface area contributed by atoms with Gasteiger partial charge in [0.15, 0.2) is 0 Å². The van der Waals surface area contributed by atoms with Crippen molar-refractivity contribution in [3.05, 3.63) is 40.8 Å². The summed E-state index contributed by atoms with van der Waals surface area (Å²) >= 11 is 0. The van der Waals surface area contributed by atoms with E-state index in [2.05, 4.69) is 11.2 Å². The van der Waals surface area contributed by atoms with Crippen LogP contribution in [-0.2, 0) is 6.67 Å². The van der Waals surface area contributed by atoms with Gasteiger partial charge in [0.2, 0.25) is 0 Å². The van der Waals surface area contributed by atoms with E-state index in [0.29, 0.717) is 18.6 Å². The molecular weight excluding hydrogens is 252 g/mol. The lowest BCUT2D eigenvalue weighted by molar-refractivity contribution is 0.199. The van der Waals surface area contributed by atoms with Crippen LogP contribution >= 0.6 is 0 Å². The summed E-state index contributed by atoms with van der Waals surface area (Å²) in [4.78, 5) is 14.4. The highest BCUT2D eigenvalue weighted by Gasteiger charge is 2.11. The Morgan fingerprint density at radius 2 is 2.20 bits per heavy atom. The molecule has 1 atom stereocenters. The van der Waals surface area contributed by atoms with Gasteiger partial charge >= 0.3 is 0 Å². The topological polar surface area (TPSA) is 61.9 Å². The first-order chi connectivity index (χ1) is 9.65. The van der Waals surface area contributed by atoms with E-state index in [4.69, 9.17) is 5.26 Å². The van der Waals surface area contributed by atoms with E-state index < -0.39 is 0 Å². The van der Waals surface area contributed by atoms with Gasteiger partial charge in [0.05, 0.1) is 30.2 Å². The molecule has 0 bridgehead atoms. The lowest BCUT2D eigenvalue weighted by atomic mass is 10.2. The summed E-state index contributed by atoms with van der Waals surface area (Å²) in [5.74, 6) is -0.0638. The number of hydrogen-bond acceptors (Lipinski definition) is 4. The van der Waals surface area contributed by atoms with E-state index in [1.54, 1.807) is 6.20 Å². The van der Waals surface area contributed by atoms with Gasteiger partial charge in [-0.25, -0.2) is 4.68 Å². The zero-order valence-corrected chi connectivity index (χ0v) is 11.8. The van der Waals surface area contributed by atoms with E-state index in [9.17, 15) is 4.79 Å². The summed E-state index contributed by atoms with van der Waals surface area (Å²) in [5.41, 5.74) is -0.0915. The largest absolute Gasteiger partial charge is 0.283 e. The molecule has 1 heterocycles. The van der Waals surface area contributed by atoms with Crippen molar-refractivity contribution in [3.8, 4) is 6.07 Å². The molecule has 20 heavy (non-hydrogen) atoms. The molecule has 0 amide bonds. The number of rotatable bonds is 5. The molecule has 0 N–H and O–H groups in total. The molecule has 0 radical (unpaired) electrons. The fraction of sp³-hybridized carbons (Fsp3) is 0.400. The molecule has 0 aliphatic rings. The third kappa shape index (κ3) is 3.03. The zero-order chi connectivity index (χ0) is 14.5. The normalized spacial score (nSPS) is 12.5. The van der Waals surface area contributed by atoms with Crippen LogP contribution in [0.3, 0.4) is 0 Å². The first kappa shape index (κ1) is 14.2. The van der Waals surface area contributed by atoms with Crippen LogP contribution in [0.5, 0.6) is 0 Å². The average Bonchev–Trinajstić information content (AvgIpc) is 2.49. The second-order valence-corrected chi connectivity index (χ2v) is 4.88. The predicted molar refractivity (Wildman–Crippen MR) is 78.0 cm³/mol. The molecule has 104 valence electrons. The molecule has 0 saturated heterocycles. The maximum absolute atomic E-state index is 12.3. The maximum Gasteiger partial charge on any atom is 0.275 e. The third-order valence-corrected chi connectivity index (χ3v) is 3.30. The number of nitrogens with zero attached hydrogens (tertiary/aromatic N) is 4. The predicted octanol–water partition coefficient (Wildman–Crippen LogP) is 1.84. The van der Waals surface area contributed by atoms with Crippen LogP contribution in [0.1, 0.15) is 13.8 Å². The Kier molecular flexibility index (Phi) is 4.49. The van der Waals surface area contributed by atoms with Gasteiger partial charge in [-0.05, 0) is 19.5 Å². The Balaban J connectivity index is 2.27. The first-order valence-electron chi connectivity index (χ1n) is 6.72. The summed E-state index contributed by atoms with van der Waals surface area (Å²) in [6.07, 6.45) is 1.71. The minimum absolute atomic E-state index is 0.0638. The average molecular weight is 270 g/mol. The second kappa shape index (κ2) is 6.31. The first-order valence-corrected chi connectivity index (χ1v) is 6.72. The highest BCUT2D eigenvalue weighted by Crippen LogP contribution is 2.07. The van der Waals surface area contributed by atoms with Gasteiger partial charge in [0.1, 0.15) is 0 Å². The molecule has 0 fully saturated rings. The van der Waals surface area contributed by atoms with Gasteiger partial charge in [-0.1, -0.05) is 25.1 Å². The van der Waals surface area contributed by atoms with Gasteiger partial charge in [0, 0.05) is 11.9 Å². The van der Waals surface area contributed by atoms with Crippen molar-refractivity contribution in [1.29, 1.82) is 5.26 Å². The molecule has 5 heteroatoms. The Hall–Kier alpha value is -2.19. The second-order valence-electron chi connectivity index (χ2n) is 4.88. The van der Waals surface area contributed by atoms with Gasteiger partial charge in [0.25, 0.3) is 5.56 Å². The van der Waals surface area contributed by atoms with Crippen molar-refractivity contribution >= 4 is 10.8 Å². The maximum atomic E-state index is 12.3. The quantitative estimate of drug-likeness (QED) is 0.831. The molecule has 0 unspecified atom stereocenters. The Labute approximate surface area is 118 Å². The van der Waals surface area contributed by atoms with Crippen molar-refractivity contribution in [2.75, 3.05) is 13.1 Å². The standard InChI is InChI=1S/C15H18N4O/c1-3-18(10-12(2)8-16)11-19-15(20)14-7-5-4-6-13(14)9-17-19/h4-7,9,12H,3,10-11H2,1-2H3/t12-/m1/s1. The molecule has 1 aromatic carbocycles. The fourth-order valence-electron chi connectivity index (χ4n) is 2.13. The molecule has 5 nitrogen and oxygen atoms in total. The number of nitriles is 1. The minimum atomic E-state index is -0.0915. The van der Waals surface area contributed by atoms with Gasteiger partial charge in [-0.3, -0.25) is 9.69 Å². The third-order valence-electron chi connectivity index (χ3n) is 3.30. The lowest BCUT2D eigenvalue weighted by Gasteiger charge is -2.21. The smallest absolute Gasteiger partial charge is 0.275 e. The van der Waals surface area contributed by atoms with Crippen molar-refractivity contribution < 1.29 is 0 Å². The monoisotopic (exact) mass is 270 g/mol. The van der Waals surface area contributed by atoms with Crippen LogP contribution in [0.25, 0.3) is 10.8 Å². The van der Waals surface area contributed by atoms with Crippen molar-refractivity contribution in [3.63, 3.8) is 0 Å². The molecule has 0 aliphatic carbocycles. The van der Waals surface area contributed by atoms with Crippen molar-refractivity contribution in [2.45, 2.75) is 20.5 Å². The number of hydrogen-bond donors (Lipinski definition) is 0. The molecular formula is C15H18N4O. The summed E-state index contributed by atoms with van der Waals surface area (Å²) in [6, 6.07) is 9.64. The van der Waals surface area contributed by atoms with Crippen LogP contribution in [-0.4, -0.2) is 27.8 Å². The highest BCUT2D eigenvalue weighted by molar-refractivity contribution is 5.80. The zero-order valence-electron chi connectivity index (χ0n) is 11.8. The van der Waals surface area contributed by atoms with Crippen molar-refractivity contribution in [2.24, 2.45) is 5.92 Å². The molecule has 0 spiro atoms. The van der Waals surface area contributed by atoms with E-state index in [1.165, 1.54) is 4.68 Å². The van der Waals surface area contributed by atoms with Crippen LogP contribution in [0.4, 0.5) is 0 Å². The molecule has 0 saturated carbocycles. The summed E-state index contributed by atoms with van der Waals surface area (Å²) in [5, 5.41) is 14.6. The van der Waals surface area contributed by atoms with Gasteiger partial charge < -0.3 is 0 Å². The minimum Gasteiger partial charge on any atom is -0.283 e. The molecule has 2 aromatic rings. The van der Waals surface area contributed by atoms with E-state index in [0.717, 1.165) is 11.9 Å². The summed E-state index contributed by atoms with van der Waals surface area (Å²) in [6.45, 7) is 5.70. The van der Waals surface area contributed by atoms with Gasteiger partial charge in [-0.2, -0.15) is 10.4 Å². The summed E-state index contributed by atoms with van der Waals surface area (Å²) in [7, 11) is 0.